The maximum Gasteiger partial charge on any atom is 0.391 e. The molecule has 1 aromatic heterocycles. The average molecular weight is 315 g/mol. The molecular formula is C18H27N4O+. The van der Waals surface area contributed by atoms with E-state index in [4.69, 9.17) is 0 Å². The topological polar surface area (TPSA) is 52.1 Å². The summed E-state index contributed by atoms with van der Waals surface area (Å²) in [5.41, 5.74) is 1.82. The molecule has 0 saturated carbocycles. The maximum atomic E-state index is 9.83. The van der Waals surface area contributed by atoms with Crippen LogP contribution >= 0.6 is 0 Å². The number of aryl methyl sites for hydroxylation is 1. The van der Waals surface area contributed by atoms with Gasteiger partial charge in [0.1, 0.15) is 6.20 Å². The first-order valence-corrected chi connectivity index (χ1v) is 8.30. The predicted molar refractivity (Wildman–Crippen MR) is 90.8 cm³/mol. The van der Waals surface area contributed by atoms with Crippen molar-refractivity contribution < 1.29 is 9.94 Å². The number of hydrogen-bond acceptors (Lipinski definition) is 4. The first kappa shape index (κ1) is 17.3. The third kappa shape index (κ3) is 4.26. The molecule has 5 heteroatoms. The Kier molecular flexibility index (Phi) is 6.04. The van der Waals surface area contributed by atoms with E-state index in [0.717, 1.165) is 35.5 Å². The van der Waals surface area contributed by atoms with Crippen molar-refractivity contribution in [1.29, 1.82) is 0 Å². The Balaban J connectivity index is 2.20. The molecule has 1 aliphatic carbocycles. The van der Waals surface area contributed by atoms with E-state index in [1.165, 1.54) is 0 Å². The van der Waals surface area contributed by atoms with Crippen LogP contribution in [0.25, 0.3) is 0 Å². The quantitative estimate of drug-likeness (QED) is 0.389. The molecule has 1 N–H and O–H groups in total. The highest BCUT2D eigenvalue weighted by molar-refractivity contribution is 5.30. The second kappa shape index (κ2) is 8.02. The molecule has 0 radical (unpaired) electrons. The normalized spacial score (nSPS) is 21.7. The molecule has 0 amide bonds. The van der Waals surface area contributed by atoms with E-state index in [-0.39, 0.29) is 0 Å². The molecule has 23 heavy (non-hydrogen) atoms. The molecule has 0 fully saturated rings. The molecule has 2 rings (SSSR count). The minimum Gasteiger partial charge on any atom is -0.350 e. The zero-order valence-corrected chi connectivity index (χ0v) is 14.5. The summed E-state index contributed by atoms with van der Waals surface area (Å²) in [4.78, 5) is 2.45. The molecule has 2 unspecified atom stereocenters. The summed E-state index contributed by atoms with van der Waals surface area (Å²) in [6.07, 6.45) is 8.95. The van der Waals surface area contributed by atoms with Gasteiger partial charge in [0.2, 0.25) is 0 Å². The van der Waals surface area contributed by atoms with Gasteiger partial charge in [0, 0.05) is 18.0 Å². The number of azo groups is 1. The van der Waals surface area contributed by atoms with Crippen molar-refractivity contribution in [3.8, 4) is 0 Å². The number of allylic oxidation sites excluding steroid dienone is 1. The van der Waals surface area contributed by atoms with Gasteiger partial charge >= 0.3 is 5.82 Å². The number of rotatable bonds is 5. The van der Waals surface area contributed by atoms with Crippen LogP contribution in [-0.4, -0.2) is 29.2 Å². The summed E-state index contributed by atoms with van der Waals surface area (Å²) >= 11 is 0. The number of hydrogen-bond donors (Lipinski definition) is 1. The Morgan fingerprint density at radius 2 is 2.04 bits per heavy atom. The molecule has 0 spiro atoms. The summed E-state index contributed by atoms with van der Waals surface area (Å²) in [7, 11) is 0. The number of aromatic nitrogens is 1. The van der Waals surface area contributed by atoms with E-state index in [0.29, 0.717) is 17.8 Å². The summed E-state index contributed by atoms with van der Waals surface area (Å²) in [6, 6.07) is 4.08. The summed E-state index contributed by atoms with van der Waals surface area (Å²) in [5, 5.41) is 18.4. The summed E-state index contributed by atoms with van der Waals surface area (Å²) in [5.74, 6) is 0.843. The van der Waals surface area contributed by atoms with Gasteiger partial charge in [-0.2, -0.15) is 0 Å². The van der Waals surface area contributed by atoms with Crippen LogP contribution in [0.2, 0.25) is 0 Å². The monoisotopic (exact) mass is 315 g/mol. The smallest absolute Gasteiger partial charge is 0.350 e. The highest BCUT2D eigenvalue weighted by Crippen LogP contribution is 2.23. The number of pyridine rings is 1. The van der Waals surface area contributed by atoms with Crippen molar-refractivity contribution in [2.45, 2.75) is 40.2 Å². The van der Waals surface area contributed by atoms with Gasteiger partial charge < -0.3 is 5.21 Å². The summed E-state index contributed by atoms with van der Waals surface area (Å²) < 4.78 is 1.01. The molecule has 2 atom stereocenters. The second-order valence-corrected chi connectivity index (χ2v) is 5.92. The minimum absolute atomic E-state index is 0.376. The van der Waals surface area contributed by atoms with Crippen LogP contribution in [0.4, 0.5) is 5.82 Å². The van der Waals surface area contributed by atoms with Crippen molar-refractivity contribution in [3.05, 3.63) is 47.8 Å². The van der Waals surface area contributed by atoms with Gasteiger partial charge in [-0.15, -0.1) is 0 Å². The average Bonchev–Trinajstić information content (AvgIpc) is 2.70. The second-order valence-electron chi connectivity index (χ2n) is 5.92. The fourth-order valence-electron chi connectivity index (χ4n) is 2.98. The molecular weight excluding hydrogens is 288 g/mol. The third-order valence-electron chi connectivity index (χ3n) is 4.30. The van der Waals surface area contributed by atoms with Crippen molar-refractivity contribution in [3.63, 3.8) is 0 Å². The molecule has 124 valence electrons. The van der Waals surface area contributed by atoms with Crippen molar-refractivity contribution in [2.24, 2.45) is 16.1 Å². The van der Waals surface area contributed by atoms with E-state index in [9.17, 15) is 5.21 Å². The van der Waals surface area contributed by atoms with Crippen molar-refractivity contribution >= 4 is 5.82 Å². The van der Waals surface area contributed by atoms with E-state index in [1.54, 1.807) is 12.3 Å². The van der Waals surface area contributed by atoms with Gasteiger partial charge in [0.15, 0.2) is 0 Å². The molecule has 0 bridgehead atoms. The first-order chi connectivity index (χ1) is 11.1. The molecule has 0 aliphatic heterocycles. The predicted octanol–water partition coefficient (Wildman–Crippen LogP) is 3.79. The zero-order chi connectivity index (χ0) is 16.8. The molecule has 1 aromatic rings. The van der Waals surface area contributed by atoms with Gasteiger partial charge in [-0.25, -0.2) is 0 Å². The van der Waals surface area contributed by atoms with Gasteiger partial charge in [-0.3, -0.25) is 4.90 Å². The fourth-order valence-corrected chi connectivity index (χ4v) is 2.98. The lowest BCUT2D eigenvalue weighted by molar-refractivity contribution is -0.894. The van der Waals surface area contributed by atoms with Crippen LogP contribution in [0.1, 0.15) is 32.8 Å². The Hall–Kier alpha value is -2.01. The van der Waals surface area contributed by atoms with Crippen LogP contribution in [0.15, 0.2) is 52.5 Å². The SMILES string of the molecule is CCN(CC)C1C=CCC(N=Nc2c(C)ccc[n+]2O)=CC1C. The van der Waals surface area contributed by atoms with E-state index >= 15 is 0 Å². The molecule has 1 aliphatic rings. The van der Waals surface area contributed by atoms with Crippen LogP contribution in [-0.2, 0) is 0 Å². The van der Waals surface area contributed by atoms with Gasteiger partial charge in [-0.1, -0.05) is 39.0 Å². The summed E-state index contributed by atoms with van der Waals surface area (Å²) in [6.45, 7) is 10.6. The lowest BCUT2D eigenvalue weighted by Crippen LogP contribution is -2.37. The van der Waals surface area contributed by atoms with Crippen molar-refractivity contribution in [1.82, 2.24) is 4.90 Å². The number of likely N-dealkylation sites (N-methyl/N-ethyl adjacent to an activating group) is 1. The Bertz CT molecular complexity index is 597. The maximum absolute atomic E-state index is 9.83. The Morgan fingerprint density at radius 1 is 1.30 bits per heavy atom. The first-order valence-electron chi connectivity index (χ1n) is 8.30. The third-order valence-corrected chi connectivity index (χ3v) is 4.30. The standard InChI is InChI=1S/C18H27N4O/c1-5-21(6-2)17-11-7-10-16(13-15(17)4)19-20-18-14(3)9-8-12-22(18)23/h7-9,11-13,15,17,23H,5-6,10H2,1-4H3/q+1. The fraction of sp³-hybridized carbons (Fsp3) is 0.500. The molecule has 5 nitrogen and oxygen atoms in total. The minimum atomic E-state index is 0.376. The number of nitrogens with zero attached hydrogens (tertiary/aromatic N) is 4. The molecule has 0 saturated heterocycles. The largest absolute Gasteiger partial charge is 0.391 e. The lowest BCUT2D eigenvalue weighted by Gasteiger charge is -2.30. The Labute approximate surface area is 138 Å². The zero-order valence-electron chi connectivity index (χ0n) is 14.5. The van der Waals surface area contributed by atoms with E-state index in [1.807, 2.05) is 13.0 Å². The molecule has 0 aromatic carbocycles. The van der Waals surface area contributed by atoms with E-state index in [2.05, 4.69) is 54.1 Å². The van der Waals surface area contributed by atoms with Crippen LogP contribution in [0.3, 0.4) is 0 Å². The van der Waals surface area contributed by atoms with Crippen molar-refractivity contribution in [2.75, 3.05) is 13.1 Å². The molecule has 1 heterocycles. The highest BCUT2D eigenvalue weighted by atomic mass is 16.5. The highest BCUT2D eigenvalue weighted by Gasteiger charge is 2.21. The lowest BCUT2D eigenvalue weighted by atomic mass is 10.0. The van der Waals surface area contributed by atoms with Crippen LogP contribution in [0.5, 0.6) is 0 Å². The van der Waals surface area contributed by atoms with E-state index < -0.39 is 0 Å². The van der Waals surface area contributed by atoms with Gasteiger partial charge in [-0.05, 0) is 47.9 Å². The Morgan fingerprint density at radius 3 is 2.70 bits per heavy atom. The van der Waals surface area contributed by atoms with Crippen LogP contribution in [0, 0.1) is 12.8 Å². The van der Waals surface area contributed by atoms with Gasteiger partial charge in [0.05, 0.1) is 10.8 Å². The van der Waals surface area contributed by atoms with Crippen LogP contribution < -0.4 is 4.73 Å². The van der Waals surface area contributed by atoms with Gasteiger partial charge in [0.25, 0.3) is 0 Å².